The molecule has 0 bridgehead atoms. The quantitative estimate of drug-likeness (QED) is 0.622. The molecule has 0 aromatic heterocycles. The Labute approximate surface area is 93.1 Å². The highest BCUT2D eigenvalue weighted by molar-refractivity contribution is 7.89. The van der Waals surface area contributed by atoms with Gasteiger partial charge >= 0.3 is 0 Å². The van der Waals surface area contributed by atoms with Crippen molar-refractivity contribution in [2.75, 3.05) is 12.4 Å². The number of nitrogens with one attached hydrogen (secondary N) is 1. The number of rotatable bonds is 8. The van der Waals surface area contributed by atoms with Crippen molar-refractivity contribution in [2.24, 2.45) is 5.92 Å². The van der Waals surface area contributed by atoms with Gasteiger partial charge in [-0.1, -0.05) is 20.8 Å². The minimum atomic E-state index is -3.17. The molecule has 0 aromatic rings. The van der Waals surface area contributed by atoms with Gasteiger partial charge in [-0.3, -0.25) is 0 Å². The monoisotopic (exact) mass is 237 g/mol. The Hall–Kier alpha value is -0.130. The Bertz CT molecular complexity index is 249. The van der Waals surface area contributed by atoms with Gasteiger partial charge in [0, 0.05) is 12.6 Å². The highest BCUT2D eigenvalue weighted by Gasteiger charge is 2.18. The van der Waals surface area contributed by atoms with Crippen LogP contribution in [0.4, 0.5) is 0 Å². The second-order valence-corrected chi connectivity index (χ2v) is 6.00. The predicted molar refractivity (Wildman–Crippen MR) is 62.2 cm³/mol. The number of aliphatic hydroxyl groups excluding tert-OH is 1. The van der Waals surface area contributed by atoms with Crippen molar-refractivity contribution < 1.29 is 13.5 Å². The van der Waals surface area contributed by atoms with Crippen LogP contribution in [0, 0.1) is 5.92 Å². The second kappa shape index (κ2) is 7.19. The van der Waals surface area contributed by atoms with Gasteiger partial charge in [-0.15, -0.1) is 0 Å². The first-order chi connectivity index (χ1) is 6.93. The van der Waals surface area contributed by atoms with Crippen LogP contribution in [0.3, 0.4) is 0 Å². The highest BCUT2D eigenvalue weighted by Crippen LogP contribution is 2.07. The van der Waals surface area contributed by atoms with E-state index in [-0.39, 0.29) is 18.4 Å². The van der Waals surface area contributed by atoms with E-state index < -0.39 is 10.0 Å². The van der Waals surface area contributed by atoms with Crippen molar-refractivity contribution in [3.8, 4) is 0 Å². The molecule has 0 aliphatic heterocycles. The lowest BCUT2D eigenvalue weighted by atomic mass is 10.0. The maximum atomic E-state index is 11.6. The predicted octanol–water partition coefficient (Wildman–Crippen LogP) is 1.11. The first-order valence-electron chi connectivity index (χ1n) is 5.53. The lowest BCUT2D eigenvalue weighted by Gasteiger charge is -2.20. The Balaban J connectivity index is 4.11. The van der Waals surface area contributed by atoms with Crippen molar-refractivity contribution in [1.29, 1.82) is 0 Å². The van der Waals surface area contributed by atoms with E-state index in [0.29, 0.717) is 18.8 Å². The van der Waals surface area contributed by atoms with Gasteiger partial charge in [-0.25, -0.2) is 13.1 Å². The van der Waals surface area contributed by atoms with Crippen LogP contribution in [0.15, 0.2) is 0 Å². The molecule has 5 heteroatoms. The van der Waals surface area contributed by atoms with Crippen LogP contribution in [-0.2, 0) is 10.0 Å². The molecule has 0 aliphatic carbocycles. The Kier molecular flexibility index (Phi) is 7.13. The van der Waals surface area contributed by atoms with Gasteiger partial charge in [0.05, 0.1) is 5.75 Å². The number of aliphatic hydroxyl groups is 1. The average Bonchev–Trinajstić information content (AvgIpc) is 2.14. The minimum Gasteiger partial charge on any atom is -0.396 e. The van der Waals surface area contributed by atoms with E-state index in [1.54, 1.807) is 0 Å². The van der Waals surface area contributed by atoms with Crippen LogP contribution in [0.2, 0.25) is 0 Å². The third-order valence-electron chi connectivity index (χ3n) is 2.40. The molecule has 92 valence electrons. The summed E-state index contributed by atoms with van der Waals surface area (Å²) in [6.45, 7) is 6.03. The minimum absolute atomic E-state index is 0.0177. The van der Waals surface area contributed by atoms with E-state index in [1.807, 2.05) is 20.8 Å². The molecular weight excluding hydrogens is 214 g/mol. The number of sulfonamides is 1. The van der Waals surface area contributed by atoms with E-state index in [1.165, 1.54) is 0 Å². The second-order valence-electron chi connectivity index (χ2n) is 4.13. The summed E-state index contributed by atoms with van der Waals surface area (Å²) in [5.74, 6) is 0.416. The van der Waals surface area contributed by atoms with Gasteiger partial charge in [-0.2, -0.15) is 0 Å². The van der Waals surface area contributed by atoms with Crippen LogP contribution < -0.4 is 4.72 Å². The molecule has 0 spiro atoms. The molecule has 0 rings (SSSR count). The largest absolute Gasteiger partial charge is 0.396 e. The van der Waals surface area contributed by atoms with Crippen LogP contribution in [0.1, 0.15) is 40.0 Å². The molecule has 0 aromatic carbocycles. The molecule has 0 saturated carbocycles. The summed E-state index contributed by atoms with van der Waals surface area (Å²) in [5.41, 5.74) is 0. The fourth-order valence-corrected chi connectivity index (χ4v) is 2.99. The molecule has 0 heterocycles. The zero-order chi connectivity index (χ0) is 11.9. The smallest absolute Gasteiger partial charge is 0.211 e. The number of unbranched alkanes of at least 4 members (excludes halogenated alkanes) is 1. The maximum Gasteiger partial charge on any atom is 0.211 e. The number of hydrogen-bond donors (Lipinski definition) is 2. The third kappa shape index (κ3) is 6.87. The van der Waals surface area contributed by atoms with Gasteiger partial charge in [0.25, 0.3) is 0 Å². The van der Waals surface area contributed by atoms with Crippen LogP contribution in [0.25, 0.3) is 0 Å². The van der Waals surface area contributed by atoms with E-state index >= 15 is 0 Å². The summed E-state index contributed by atoms with van der Waals surface area (Å²) in [6, 6.07) is 0.0177. The first kappa shape index (κ1) is 14.9. The zero-order valence-corrected chi connectivity index (χ0v) is 10.7. The third-order valence-corrected chi connectivity index (χ3v) is 3.88. The van der Waals surface area contributed by atoms with Crippen molar-refractivity contribution >= 4 is 10.0 Å². The van der Waals surface area contributed by atoms with E-state index in [0.717, 1.165) is 6.42 Å². The SMILES string of the molecule is CCC(NS(=O)(=O)CCCCO)C(C)C. The Morgan fingerprint density at radius 1 is 1.27 bits per heavy atom. The molecule has 2 N–H and O–H groups in total. The van der Waals surface area contributed by atoms with Gasteiger partial charge in [-0.05, 0) is 25.2 Å². The van der Waals surface area contributed by atoms with Gasteiger partial charge in [0.1, 0.15) is 0 Å². The molecule has 1 atom stereocenters. The molecule has 0 radical (unpaired) electrons. The fourth-order valence-electron chi connectivity index (χ4n) is 1.38. The molecule has 4 nitrogen and oxygen atoms in total. The maximum absolute atomic E-state index is 11.6. The Morgan fingerprint density at radius 3 is 2.27 bits per heavy atom. The molecular formula is C10H23NO3S. The average molecular weight is 237 g/mol. The van der Waals surface area contributed by atoms with Gasteiger partial charge in [0.2, 0.25) is 10.0 Å². The van der Waals surface area contributed by atoms with Crippen molar-refractivity contribution in [1.82, 2.24) is 4.72 Å². The first-order valence-corrected chi connectivity index (χ1v) is 7.19. The molecule has 0 aliphatic rings. The van der Waals surface area contributed by atoms with E-state index in [2.05, 4.69) is 4.72 Å². The van der Waals surface area contributed by atoms with Gasteiger partial charge in [0.15, 0.2) is 0 Å². The molecule has 0 fully saturated rings. The van der Waals surface area contributed by atoms with Crippen molar-refractivity contribution in [3.05, 3.63) is 0 Å². The van der Waals surface area contributed by atoms with Gasteiger partial charge < -0.3 is 5.11 Å². The van der Waals surface area contributed by atoms with Crippen molar-refractivity contribution in [3.63, 3.8) is 0 Å². The van der Waals surface area contributed by atoms with Crippen LogP contribution in [0.5, 0.6) is 0 Å². The fraction of sp³-hybridized carbons (Fsp3) is 1.00. The van der Waals surface area contributed by atoms with Crippen molar-refractivity contribution in [2.45, 2.75) is 46.1 Å². The standard InChI is InChI=1S/C10H23NO3S/c1-4-10(9(2)3)11-15(13,14)8-6-5-7-12/h9-12H,4-8H2,1-3H3. The summed E-state index contributed by atoms with van der Waals surface area (Å²) in [7, 11) is -3.17. The topological polar surface area (TPSA) is 66.4 Å². The van der Waals surface area contributed by atoms with E-state index in [4.69, 9.17) is 5.11 Å². The summed E-state index contributed by atoms with van der Waals surface area (Å²) in [6.07, 6.45) is 1.86. The molecule has 1 unspecified atom stereocenters. The van der Waals surface area contributed by atoms with Crippen LogP contribution >= 0.6 is 0 Å². The summed E-state index contributed by atoms with van der Waals surface area (Å²) in [5, 5.41) is 8.56. The molecule has 0 saturated heterocycles. The lowest BCUT2D eigenvalue weighted by Crippen LogP contribution is -2.39. The normalized spacial score (nSPS) is 14.5. The summed E-state index contributed by atoms with van der Waals surface area (Å²) >= 11 is 0. The summed E-state index contributed by atoms with van der Waals surface area (Å²) < 4.78 is 25.9. The lowest BCUT2D eigenvalue weighted by molar-refractivity contribution is 0.287. The molecule has 0 amide bonds. The Morgan fingerprint density at radius 2 is 1.87 bits per heavy atom. The zero-order valence-electron chi connectivity index (χ0n) is 9.86. The highest BCUT2D eigenvalue weighted by atomic mass is 32.2. The molecule has 15 heavy (non-hydrogen) atoms. The summed E-state index contributed by atoms with van der Waals surface area (Å²) in [4.78, 5) is 0. The van der Waals surface area contributed by atoms with Crippen LogP contribution in [-0.4, -0.2) is 31.9 Å². The van der Waals surface area contributed by atoms with E-state index in [9.17, 15) is 8.42 Å². The number of hydrogen-bond acceptors (Lipinski definition) is 3.